The molecule has 0 radical (unpaired) electrons. The molecule has 2 unspecified atom stereocenters. The lowest BCUT2D eigenvalue weighted by atomic mass is 10.1. The van der Waals surface area contributed by atoms with E-state index in [4.69, 9.17) is 0 Å². The Morgan fingerprint density at radius 3 is 2.75 bits per heavy atom. The minimum atomic E-state index is -2.99. The molecule has 24 heavy (non-hydrogen) atoms. The van der Waals surface area contributed by atoms with Crippen LogP contribution in [0.2, 0.25) is 0 Å². The Kier molecular flexibility index (Phi) is 5.30. The van der Waals surface area contributed by atoms with Crippen LogP contribution in [0.1, 0.15) is 25.3 Å². The van der Waals surface area contributed by atoms with Crippen molar-refractivity contribution < 1.29 is 13.2 Å². The molecular weight excluding hydrogens is 344 g/mol. The van der Waals surface area contributed by atoms with Crippen molar-refractivity contribution in [1.82, 2.24) is 4.90 Å². The van der Waals surface area contributed by atoms with Crippen molar-refractivity contribution in [3.63, 3.8) is 0 Å². The van der Waals surface area contributed by atoms with Gasteiger partial charge in [-0.15, -0.1) is 0 Å². The summed E-state index contributed by atoms with van der Waals surface area (Å²) in [4.78, 5) is 18.2. The second-order valence-electron chi connectivity index (χ2n) is 6.27. The van der Waals surface area contributed by atoms with Gasteiger partial charge in [0.2, 0.25) is 5.91 Å². The Hall–Kier alpha value is -1.34. The summed E-state index contributed by atoms with van der Waals surface area (Å²) in [7, 11) is -2.99. The van der Waals surface area contributed by atoms with Crippen molar-refractivity contribution in [2.24, 2.45) is 4.99 Å². The molecule has 5 nitrogen and oxygen atoms in total. The number of nitrogens with zero attached hydrogens (tertiary/aromatic N) is 2. The van der Waals surface area contributed by atoms with Crippen LogP contribution >= 0.6 is 11.8 Å². The molecule has 7 heteroatoms. The van der Waals surface area contributed by atoms with Crippen molar-refractivity contribution in [2.45, 2.75) is 37.5 Å². The van der Waals surface area contributed by atoms with Crippen molar-refractivity contribution >= 4 is 32.7 Å². The maximum absolute atomic E-state index is 11.9. The van der Waals surface area contributed by atoms with Crippen LogP contribution in [0, 0.1) is 0 Å². The normalized spacial score (nSPS) is 26.7. The lowest BCUT2D eigenvalue weighted by Gasteiger charge is -2.24. The number of carbonyl (C=O) groups excluding carboxylic acids is 1. The predicted molar refractivity (Wildman–Crippen MR) is 98.0 cm³/mol. The van der Waals surface area contributed by atoms with E-state index < -0.39 is 9.84 Å². The number of benzene rings is 1. The molecule has 2 saturated heterocycles. The van der Waals surface area contributed by atoms with Crippen molar-refractivity contribution in [1.29, 1.82) is 0 Å². The van der Waals surface area contributed by atoms with E-state index in [-0.39, 0.29) is 28.7 Å². The molecule has 1 aromatic carbocycles. The van der Waals surface area contributed by atoms with E-state index in [2.05, 4.69) is 17.1 Å². The van der Waals surface area contributed by atoms with E-state index in [9.17, 15) is 13.2 Å². The molecule has 0 saturated carbocycles. The summed E-state index contributed by atoms with van der Waals surface area (Å²) in [5, 5.41) is 0.702. The Labute approximate surface area is 147 Å². The summed E-state index contributed by atoms with van der Waals surface area (Å²) < 4.78 is 23.9. The third kappa shape index (κ3) is 4.00. The first-order chi connectivity index (χ1) is 11.5. The van der Waals surface area contributed by atoms with Gasteiger partial charge in [-0.3, -0.25) is 4.79 Å². The van der Waals surface area contributed by atoms with Crippen LogP contribution in [0.3, 0.4) is 0 Å². The summed E-state index contributed by atoms with van der Waals surface area (Å²) in [6.45, 7) is 2.64. The van der Waals surface area contributed by atoms with Crippen LogP contribution < -0.4 is 0 Å². The van der Waals surface area contributed by atoms with E-state index in [1.165, 1.54) is 17.3 Å². The molecule has 2 fully saturated rings. The molecule has 2 aliphatic rings. The minimum absolute atomic E-state index is 0.000972. The van der Waals surface area contributed by atoms with Gasteiger partial charge in [0.05, 0.1) is 17.5 Å². The Morgan fingerprint density at radius 1 is 1.29 bits per heavy atom. The van der Waals surface area contributed by atoms with E-state index in [0.29, 0.717) is 18.1 Å². The van der Waals surface area contributed by atoms with Crippen molar-refractivity contribution in [2.75, 3.05) is 18.1 Å². The zero-order chi connectivity index (χ0) is 17.2. The average molecular weight is 367 g/mol. The summed E-state index contributed by atoms with van der Waals surface area (Å²) >= 11 is 1.46. The van der Waals surface area contributed by atoms with E-state index in [1.54, 1.807) is 0 Å². The van der Waals surface area contributed by atoms with Crippen LogP contribution in [-0.4, -0.2) is 53.7 Å². The first kappa shape index (κ1) is 17.5. The van der Waals surface area contributed by atoms with Crippen LogP contribution in [0.15, 0.2) is 35.3 Å². The Bertz CT molecular complexity index is 731. The topological polar surface area (TPSA) is 66.8 Å². The fourth-order valence-electron chi connectivity index (χ4n) is 3.17. The number of rotatable bonds is 5. The number of sulfone groups is 1. The van der Waals surface area contributed by atoms with E-state index >= 15 is 0 Å². The number of amidine groups is 1. The minimum Gasteiger partial charge on any atom is -0.346 e. The summed E-state index contributed by atoms with van der Waals surface area (Å²) in [5.74, 6) is 0.235. The highest BCUT2D eigenvalue weighted by molar-refractivity contribution is 8.15. The van der Waals surface area contributed by atoms with Crippen molar-refractivity contribution in [3.8, 4) is 0 Å². The average Bonchev–Trinajstić information content (AvgIpc) is 2.98. The van der Waals surface area contributed by atoms with Crippen LogP contribution in [-0.2, 0) is 21.1 Å². The molecule has 0 spiro atoms. The summed E-state index contributed by atoms with van der Waals surface area (Å²) in [6.07, 6.45) is 2.02. The second kappa shape index (κ2) is 7.27. The van der Waals surface area contributed by atoms with Gasteiger partial charge in [-0.25, -0.2) is 8.42 Å². The zero-order valence-electron chi connectivity index (χ0n) is 13.7. The smallest absolute Gasteiger partial charge is 0.248 e. The first-order valence-electron chi connectivity index (χ1n) is 8.27. The number of carbonyl (C=O) groups is 1. The van der Waals surface area contributed by atoms with Crippen LogP contribution in [0.25, 0.3) is 0 Å². The van der Waals surface area contributed by atoms with Crippen LogP contribution in [0.5, 0.6) is 0 Å². The van der Waals surface area contributed by atoms with Gasteiger partial charge in [0.15, 0.2) is 15.0 Å². The quantitative estimate of drug-likeness (QED) is 0.799. The SMILES string of the molecule is CCCC(=O)N=C1SC2CS(=O)(=O)CC2N1CCc1ccccc1. The molecule has 1 amide bonds. The lowest BCUT2D eigenvalue weighted by Crippen LogP contribution is -2.39. The number of thioether (sulfide) groups is 1. The van der Waals surface area contributed by atoms with Gasteiger partial charge in [-0.05, 0) is 18.4 Å². The first-order valence-corrected chi connectivity index (χ1v) is 11.0. The number of hydrogen-bond acceptors (Lipinski definition) is 4. The fraction of sp³-hybridized carbons (Fsp3) is 0.529. The van der Waals surface area contributed by atoms with E-state index in [0.717, 1.165) is 12.8 Å². The van der Waals surface area contributed by atoms with Crippen molar-refractivity contribution in [3.05, 3.63) is 35.9 Å². The molecule has 0 bridgehead atoms. The van der Waals surface area contributed by atoms with Gasteiger partial charge in [-0.2, -0.15) is 4.99 Å². The molecule has 2 aliphatic heterocycles. The van der Waals surface area contributed by atoms with Gasteiger partial charge in [0, 0.05) is 18.2 Å². The summed E-state index contributed by atoms with van der Waals surface area (Å²) in [5.41, 5.74) is 1.20. The molecule has 0 aliphatic carbocycles. The molecule has 2 atom stereocenters. The molecule has 0 aromatic heterocycles. The Balaban J connectivity index is 1.77. The van der Waals surface area contributed by atoms with Gasteiger partial charge in [0.1, 0.15) is 0 Å². The number of hydrogen-bond donors (Lipinski definition) is 0. The highest BCUT2D eigenvalue weighted by Crippen LogP contribution is 2.38. The van der Waals surface area contributed by atoms with Gasteiger partial charge in [0.25, 0.3) is 0 Å². The van der Waals surface area contributed by atoms with Gasteiger partial charge < -0.3 is 4.90 Å². The van der Waals surface area contributed by atoms with Gasteiger partial charge >= 0.3 is 0 Å². The third-order valence-corrected chi connectivity index (χ3v) is 7.59. The lowest BCUT2D eigenvalue weighted by molar-refractivity contribution is -0.117. The molecule has 0 N–H and O–H groups in total. The molecular formula is C17H22N2O3S2. The molecule has 2 heterocycles. The standard InChI is InChI=1S/C17H22N2O3S2/c1-2-6-16(20)18-17-19(10-9-13-7-4-3-5-8-13)14-11-24(21,22)12-15(14)23-17/h3-5,7-8,14-15H,2,6,9-12H2,1H3. The largest absolute Gasteiger partial charge is 0.346 e. The van der Waals surface area contributed by atoms with Crippen LogP contribution in [0.4, 0.5) is 0 Å². The number of amides is 1. The highest BCUT2D eigenvalue weighted by atomic mass is 32.2. The van der Waals surface area contributed by atoms with Gasteiger partial charge in [-0.1, -0.05) is 49.0 Å². The Morgan fingerprint density at radius 2 is 2.04 bits per heavy atom. The maximum Gasteiger partial charge on any atom is 0.248 e. The zero-order valence-corrected chi connectivity index (χ0v) is 15.4. The highest BCUT2D eigenvalue weighted by Gasteiger charge is 2.48. The monoisotopic (exact) mass is 366 g/mol. The third-order valence-electron chi connectivity index (χ3n) is 4.34. The number of fused-ring (bicyclic) bond motifs is 1. The van der Waals surface area contributed by atoms with E-state index in [1.807, 2.05) is 30.0 Å². The molecule has 130 valence electrons. The summed E-state index contributed by atoms with van der Waals surface area (Å²) in [6, 6.07) is 10.0. The molecule has 1 aromatic rings. The number of aliphatic imine (C=N–C) groups is 1. The fourth-order valence-corrected chi connectivity index (χ4v) is 7.16. The molecule has 3 rings (SSSR count). The second-order valence-corrected chi connectivity index (χ2v) is 9.63. The maximum atomic E-state index is 11.9. The predicted octanol–water partition coefficient (Wildman–Crippen LogP) is 2.13.